The summed E-state index contributed by atoms with van der Waals surface area (Å²) in [6.45, 7) is 0. The third-order valence-electron chi connectivity index (χ3n) is 3.13. The summed E-state index contributed by atoms with van der Waals surface area (Å²) < 4.78 is 10.8. The van der Waals surface area contributed by atoms with Crippen LogP contribution in [0, 0.1) is 5.92 Å². The van der Waals surface area contributed by atoms with Gasteiger partial charge >= 0.3 is 5.97 Å². The van der Waals surface area contributed by atoms with Gasteiger partial charge in [-0.2, -0.15) is 0 Å². The molecule has 0 aliphatic carbocycles. The fourth-order valence-corrected chi connectivity index (χ4v) is 2.23. The van der Waals surface area contributed by atoms with E-state index in [0.717, 1.165) is 6.42 Å². The topological polar surface area (TPSA) is 61.5 Å². The van der Waals surface area contributed by atoms with Gasteiger partial charge in [0.25, 0.3) is 0 Å². The molecule has 3 atom stereocenters. The van der Waals surface area contributed by atoms with Crippen molar-refractivity contribution >= 4 is 11.7 Å². The Labute approximate surface area is 99.0 Å². The Balaban J connectivity index is 1.68. The van der Waals surface area contributed by atoms with Crippen LogP contribution in [0.5, 0.6) is 5.75 Å². The van der Waals surface area contributed by atoms with Crippen molar-refractivity contribution in [2.24, 2.45) is 5.92 Å². The minimum absolute atomic E-state index is 0.0870. The summed E-state index contributed by atoms with van der Waals surface area (Å²) in [6.07, 6.45) is 4.63. The number of nitrogen functional groups attached to an aromatic ring is 1. The van der Waals surface area contributed by atoms with E-state index in [1.165, 1.54) is 0 Å². The number of anilines is 1. The predicted octanol–water partition coefficient (Wildman–Crippen LogP) is 1.52. The molecule has 2 bridgehead atoms. The molecule has 2 aliphatic rings. The maximum Gasteiger partial charge on any atom is 0.317 e. The van der Waals surface area contributed by atoms with E-state index in [4.69, 9.17) is 15.2 Å². The lowest BCUT2D eigenvalue weighted by molar-refractivity contribution is -0.139. The van der Waals surface area contributed by atoms with Crippen molar-refractivity contribution in [3.8, 4) is 5.75 Å². The van der Waals surface area contributed by atoms with Gasteiger partial charge < -0.3 is 15.2 Å². The van der Waals surface area contributed by atoms with Crippen molar-refractivity contribution in [2.45, 2.75) is 18.6 Å². The highest BCUT2D eigenvalue weighted by molar-refractivity contribution is 5.77. The van der Waals surface area contributed by atoms with E-state index < -0.39 is 0 Å². The van der Waals surface area contributed by atoms with Crippen molar-refractivity contribution in [2.75, 3.05) is 5.73 Å². The van der Waals surface area contributed by atoms with Gasteiger partial charge in [-0.3, -0.25) is 4.79 Å². The van der Waals surface area contributed by atoms with Gasteiger partial charge in [-0.1, -0.05) is 12.2 Å². The average molecular weight is 231 g/mol. The molecule has 2 N–H and O–H groups in total. The van der Waals surface area contributed by atoms with Crippen molar-refractivity contribution in [1.82, 2.24) is 0 Å². The summed E-state index contributed by atoms with van der Waals surface area (Å²) in [4.78, 5) is 11.9. The lowest BCUT2D eigenvalue weighted by atomic mass is 9.94. The van der Waals surface area contributed by atoms with E-state index in [-0.39, 0.29) is 24.1 Å². The quantitative estimate of drug-likeness (QED) is 0.363. The molecule has 17 heavy (non-hydrogen) atoms. The van der Waals surface area contributed by atoms with Gasteiger partial charge in [0.15, 0.2) is 0 Å². The van der Waals surface area contributed by atoms with E-state index in [9.17, 15) is 4.79 Å². The molecule has 3 unspecified atom stereocenters. The number of nitrogens with two attached hydrogens (primary N) is 1. The first-order chi connectivity index (χ1) is 8.22. The third kappa shape index (κ3) is 1.91. The zero-order valence-corrected chi connectivity index (χ0v) is 9.21. The highest BCUT2D eigenvalue weighted by Gasteiger charge is 2.42. The minimum Gasteiger partial charge on any atom is -0.426 e. The second-order valence-corrected chi connectivity index (χ2v) is 4.36. The molecule has 88 valence electrons. The Hall–Kier alpha value is -1.81. The van der Waals surface area contributed by atoms with Crippen LogP contribution in [-0.4, -0.2) is 18.2 Å². The second-order valence-electron chi connectivity index (χ2n) is 4.36. The summed E-state index contributed by atoms with van der Waals surface area (Å²) in [6, 6.07) is 6.80. The molecule has 1 saturated heterocycles. The van der Waals surface area contributed by atoms with Crippen LogP contribution in [-0.2, 0) is 9.53 Å². The second kappa shape index (κ2) is 3.89. The van der Waals surface area contributed by atoms with Crippen molar-refractivity contribution in [3.05, 3.63) is 36.4 Å². The summed E-state index contributed by atoms with van der Waals surface area (Å²) >= 11 is 0. The predicted molar refractivity (Wildman–Crippen MR) is 62.4 cm³/mol. The van der Waals surface area contributed by atoms with Crippen LogP contribution in [0.1, 0.15) is 6.42 Å². The van der Waals surface area contributed by atoms with Gasteiger partial charge in [-0.05, 0) is 30.7 Å². The summed E-state index contributed by atoms with van der Waals surface area (Å²) in [5.41, 5.74) is 6.21. The number of carbonyl (C=O) groups excluding carboxylic acids is 1. The largest absolute Gasteiger partial charge is 0.426 e. The van der Waals surface area contributed by atoms with Crippen molar-refractivity contribution in [1.29, 1.82) is 0 Å². The zero-order chi connectivity index (χ0) is 11.8. The first kappa shape index (κ1) is 10.4. The van der Waals surface area contributed by atoms with E-state index >= 15 is 0 Å². The molecule has 0 aromatic heterocycles. The van der Waals surface area contributed by atoms with Gasteiger partial charge in [0.1, 0.15) is 5.75 Å². The van der Waals surface area contributed by atoms with E-state index in [1.54, 1.807) is 24.3 Å². The van der Waals surface area contributed by atoms with Gasteiger partial charge in [0, 0.05) is 5.69 Å². The number of rotatable bonds is 2. The van der Waals surface area contributed by atoms with E-state index in [1.807, 2.05) is 12.2 Å². The van der Waals surface area contributed by atoms with Crippen LogP contribution < -0.4 is 10.5 Å². The molecule has 4 nitrogen and oxygen atoms in total. The van der Waals surface area contributed by atoms with Crippen LogP contribution in [0.3, 0.4) is 0 Å². The maximum absolute atomic E-state index is 11.9. The van der Waals surface area contributed by atoms with E-state index in [2.05, 4.69) is 0 Å². The SMILES string of the molecule is Nc1ccc(OC(=O)C2CC3C=CC2O3)cc1. The number of carbonyl (C=O) groups is 1. The lowest BCUT2D eigenvalue weighted by Gasteiger charge is -2.14. The number of benzene rings is 1. The number of hydrogen-bond donors (Lipinski definition) is 1. The minimum atomic E-state index is -0.230. The van der Waals surface area contributed by atoms with Crippen LogP contribution in [0.2, 0.25) is 0 Å². The fraction of sp³-hybridized carbons (Fsp3) is 0.308. The van der Waals surface area contributed by atoms with Gasteiger partial charge in [0.05, 0.1) is 18.1 Å². The lowest BCUT2D eigenvalue weighted by Crippen LogP contribution is -2.27. The molecule has 2 aliphatic heterocycles. The molecule has 1 fully saturated rings. The smallest absolute Gasteiger partial charge is 0.317 e. The van der Waals surface area contributed by atoms with Gasteiger partial charge in [0.2, 0.25) is 0 Å². The number of esters is 1. The summed E-state index contributed by atoms with van der Waals surface area (Å²) in [5, 5.41) is 0. The van der Waals surface area contributed by atoms with Crippen molar-refractivity contribution < 1.29 is 14.3 Å². The maximum atomic E-state index is 11.9. The summed E-state index contributed by atoms with van der Waals surface area (Å²) in [5.74, 6) is 0.116. The molecule has 0 radical (unpaired) electrons. The highest BCUT2D eigenvalue weighted by atomic mass is 16.5. The van der Waals surface area contributed by atoms with E-state index in [0.29, 0.717) is 11.4 Å². The van der Waals surface area contributed by atoms with Crippen LogP contribution in [0.25, 0.3) is 0 Å². The molecule has 4 heteroatoms. The van der Waals surface area contributed by atoms with Gasteiger partial charge in [-0.15, -0.1) is 0 Å². The Kier molecular flexibility index (Phi) is 2.37. The standard InChI is InChI=1S/C13H13NO3/c14-8-1-3-9(4-2-8)17-13(15)11-7-10-5-6-12(11)16-10/h1-6,10-12H,7,14H2. The molecule has 1 aromatic carbocycles. The Morgan fingerprint density at radius 2 is 2.06 bits per heavy atom. The van der Waals surface area contributed by atoms with Crippen LogP contribution in [0.15, 0.2) is 36.4 Å². The number of fused-ring (bicyclic) bond motifs is 2. The first-order valence-corrected chi connectivity index (χ1v) is 5.63. The first-order valence-electron chi connectivity index (χ1n) is 5.63. The summed E-state index contributed by atoms with van der Waals surface area (Å²) in [7, 11) is 0. The molecular formula is C13H13NO3. The Morgan fingerprint density at radius 3 is 2.65 bits per heavy atom. The molecule has 0 saturated carbocycles. The molecular weight excluding hydrogens is 218 g/mol. The molecule has 1 aromatic rings. The van der Waals surface area contributed by atoms with Crippen LogP contribution in [0.4, 0.5) is 5.69 Å². The van der Waals surface area contributed by atoms with Gasteiger partial charge in [-0.25, -0.2) is 0 Å². The Morgan fingerprint density at radius 1 is 1.29 bits per heavy atom. The molecule has 0 amide bonds. The molecule has 0 spiro atoms. The average Bonchev–Trinajstić information content (AvgIpc) is 2.94. The molecule has 2 heterocycles. The molecule has 3 rings (SSSR count). The van der Waals surface area contributed by atoms with Crippen molar-refractivity contribution in [3.63, 3.8) is 0 Å². The number of hydrogen-bond acceptors (Lipinski definition) is 4. The fourth-order valence-electron chi connectivity index (χ4n) is 2.23. The zero-order valence-electron chi connectivity index (χ0n) is 9.21. The monoisotopic (exact) mass is 231 g/mol. The third-order valence-corrected chi connectivity index (χ3v) is 3.13. The normalized spacial score (nSPS) is 29.5. The van der Waals surface area contributed by atoms with Crippen LogP contribution >= 0.6 is 0 Å². The number of ether oxygens (including phenoxy) is 2. The highest BCUT2D eigenvalue weighted by Crippen LogP contribution is 2.34. The Bertz CT molecular complexity index is 466.